The molecule has 0 N–H and O–H groups in total. The molecule has 8 nitrogen and oxygen atoms in total. The normalized spacial score (nSPS) is 17.5. The van der Waals surface area contributed by atoms with Gasteiger partial charge < -0.3 is 13.6 Å². The molecule has 2 aromatic rings. The molecule has 1 heterocycles. The van der Waals surface area contributed by atoms with Crippen molar-refractivity contribution in [3.8, 4) is 0 Å². The molecule has 3 unspecified atom stereocenters. The van der Waals surface area contributed by atoms with Crippen LogP contribution in [0.15, 0.2) is 22.9 Å². The fourth-order valence-electron chi connectivity index (χ4n) is 2.94. The number of ketones is 1. The lowest BCUT2D eigenvalue weighted by Crippen LogP contribution is -2.15. The van der Waals surface area contributed by atoms with Crippen LogP contribution in [0.2, 0.25) is 5.02 Å². The minimum Gasteiger partial charge on any atom is -0.772 e. The highest BCUT2D eigenvalue weighted by Crippen LogP contribution is 2.42. The summed E-state index contributed by atoms with van der Waals surface area (Å²) in [5.74, 6) is -0.363. The number of aromatic nitrogens is 1. The molecule has 0 aliphatic heterocycles. The van der Waals surface area contributed by atoms with Crippen LogP contribution in [0.5, 0.6) is 0 Å². The van der Waals surface area contributed by atoms with Crippen molar-refractivity contribution in [3.63, 3.8) is 0 Å². The second-order valence-corrected chi connectivity index (χ2v) is 7.99. The zero-order valence-electron chi connectivity index (χ0n) is 14.0. The molecule has 3 atom stereocenters. The predicted molar refractivity (Wildman–Crippen MR) is 94.4 cm³/mol. The van der Waals surface area contributed by atoms with Crippen LogP contribution in [0.3, 0.4) is 0 Å². The third kappa shape index (κ3) is 4.53. The van der Waals surface area contributed by atoms with Gasteiger partial charge in [-0.3, -0.25) is 13.2 Å². The molecule has 0 bridgehead atoms. The van der Waals surface area contributed by atoms with E-state index < -0.39 is 40.1 Å². The minimum atomic E-state index is -2.87. The lowest BCUT2D eigenvalue weighted by atomic mass is 9.92. The summed E-state index contributed by atoms with van der Waals surface area (Å²) in [5, 5.41) is 3.78. The molecule has 1 saturated carbocycles. The third-order valence-corrected chi connectivity index (χ3v) is 5.55. The van der Waals surface area contributed by atoms with E-state index in [1.54, 1.807) is 0 Å². The molecule has 146 valence electrons. The standard InChI is InChI=1S/C16H16ClNO7S2/c1-8(25-27(22)23)14-10(4-5-13(17)12(14)7-26(20)21)15(19)11-6-18-24-16(11)9-2-3-9/h4-6,8-9H,2-3,7H2,1H3,(H,20,21)(H,22,23)/p-2. The summed E-state index contributed by atoms with van der Waals surface area (Å²) in [7, 11) is 0. The Kier molecular flexibility index (Phi) is 6.24. The van der Waals surface area contributed by atoms with E-state index in [0.29, 0.717) is 5.76 Å². The fraction of sp³-hybridized carbons (Fsp3) is 0.375. The van der Waals surface area contributed by atoms with Crippen LogP contribution in [0.25, 0.3) is 0 Å². The molecular formula is C16H14ClNO7S2-2. The maximum atomic E-state index is 13.1. The first kappa shape index (κ1) is 20.3. The summed E-state index contributed by atoms with van der Waals surface area (Å²) in [4.78, 5) is 13.1. The van der Waals surface area contributed by atoms with Crippen molar-refractivity contribution in [2.75, 3.05) is 0 Å². The van der Waals surface area contributed by atoms with E-state index in [4.69, 9.17) is 20.3 Å². The van der Waals surface area contributed by atoms with Crippen molar-refractivity contribution in [1.82, 2.24) is 5.16 Å². The Morgan fingerprint density at radius 1 is 1.37 bits per heavy atom. The van der Waals surface area contributed by atoms with Crippen LogP contribution >= 0.6 is 11.6 Å². The van der Waals surface area contributed by atoms with Crippen molar-refractivity contribution in [2.45, 2.75) is 37.5 Å². The molecule has 1 aromatic heterocycles. The summed E-state index contributed by atoms with van der Waals surface area (Å²) < 4.78 is 54.4. The molecule has 0 saturated heterocycles. The number of carbonyl (C=O) groups is 1. The van der Waals surface area contributed by atoms with Gasteiger partial charge in [0.2, 0.25) is 0 Å². The molecule has 11 heteroatoms. The minimum absolute atomic E-state index is 0.0860. The molecule has 1 aromatic carbocycles. The van der Waals surface area contributed by atoms with Crippen molar-refractivity contribution >= 4 is 39.8 Å². The summed E-state index contributed by atoms with van der Waals surface area (Å²) >= 11 is 0.737. The zero-order chi connectivity index (χ0) is 19.7. The lowest BCUT2D eigenvalue weighted by molar-refractivity contribution is 0.103. The fourth-order valence-corrected chi connectivity index (χ4v) is 4.12. The van der Waals surface area contributed by atoms with Crippen LogP contribution in [0, 0.1) is 0 Å². The topological polar surface area (TPSA) is 133 Å². The van der Waals surface area contributed by atoms with Gasteiger partial charge in [0.05, 0.1) is 29.2 Å². The Balaban J connectivity index is 2.13. The first-order valence-electron chi connectivity index (χ1n) is 7.92. The van der Waals surface area contributed by atoms with E-state index in [2.05, 4.69) is 5.16 Å². The van der Waals surface area contributed by atoms with Gasteiger partial charge in [0, 0.05) is 22.3 Å². The molecule has 27 heavy (non-hydrogen) atoms. The molecule has 3 rings (SSSR count). The number of rotatable bonds is 8. The first-order valence-corrected chi connectivity index (χ1v) is 10.5. The van der Waals surface area contributed by atoms with Crippen LogP contribution in [0.1, 0.15) is 64.6 Å². The van der Waals surface area contributed by atoms with E-state index in [1.807, 2.05) is 0 Å². The van der Waals surface area contributed by atoms with Crippen molar-refractivity contribution in [1.29, 1.82) is 0 Å². The van der Waals surface area contributed by atoms with Gasteiger partial charge in [0.25, 0.3) is 0 Å². The van der Waals surface area contributed by atoms with Gasteiger partial charge in [-0.05, 0) is 43.0 Å². The van der Waals surface area contributed by atoms with Crippen LogP contribution in [0.4, 0.5) is 0 Å². The van der Waals surface area contributed by atoms with E-state index in [-0.39, 0.29) is 33.2 Å². The van der Waals surface area contributed by atoms with Crippen molar-refractivity contribution in [2.24, 2.45) is 0 Å². The predicted octanol–water partition coefficient (Wildman–Crippen LogP) is 2.69. The maximum Gasteiger partial charge on any atom is 0.198 e. The van der Waals surface area contributed by atoms with Crippen molar-refractivity contribution < 1.29 is 31.0 Å². The van der Waals surface area contributed by atoms with E-state index >= 15 is 0 Å². The van der Waals surface area contributed by atoms with Gasteiger partial charge in [0.15, 0.2) is 11.5 Å². The Morgan fingerprint density at radius 3 is 2.67 bits per heavy atom. The highest BCUT2D eigenvalue weighted by Gasteiger charge is 2.34. The van der Waals surface area contributed by atoms with Gasteiger partial charge in [-0.2, -0.15) is 0 Å². The van der Waals surface area contributed by atoms with Crippen molar-refractivity contribution in [3.05, 3.63) is 51.4 Å². The lowest BCUT2D eigenvalue weighted by Gasteiger charge is -2.22. The Labute approximate surface area is 165 Å². The molecular weight excluding hydrogens is 418 g/mol. The molecule has 1 fully saturated rings. The van der Waals surface area contributed by atoms with Crippen LogP contribution in [-0.2, 0) is 32.4 Å². The maximum absolute atomic E-state index is 13.1. The van der Waals surface area contributed by atoms with Gasteiger partial charge in [-0.1, -0.05) is 27.8 Å². The molecule has 0 amide bonds. The second kappa shape index (κ2) is 8.29. The first-order chi connectivity index (χ1) is 12.8. The molecule has 1 aliphatic rings. The highest BCUT2D eigenvalue weighted by atomic mass is 35.5. The largest absolute Gasteiger partial charge is 0.772 e. The number of hydrogen-bond acceptors (Lipinski definition) is 8. The number of halogens is 1. The Morgan fingerprint density at radius 2 is 2.07 bits per heavy atom. The van der Waals surface area contributed by atoms with E-state index in [1.165, 1.54) is 25.3 Å². The summed E-state index contributed by atoms with van der Waals surface area (Å²) in [5.41, 5.74) is 0.552. The van der Waals surface area contributed by atoms with Gasteiger partial charge in [0.1, 0.15) is 0 Å². The average molecular weight is 432 g/mol. The number of carbonyl (C=O) groups excluding carboxylic acids is 1. The molecule has 1 aliphatic carbocycles. The molecule has 0 radical (unpaired) electrons. The van der Waals surface area contributed by atoms with E-state index in [9.17, 15) is 22.3 Å². The van der Waals surface area contributed by atoms with Gasteiger partial charge in [-0.25, -0.2) is 4.21 Å². The summed E-state index contributed by atoms with van der Waals surface area (Å²) in [6, 6.07) is 2.81. The van der Waals surface area contributed by atoms with Gasteiger partial charge in [-0.15, -0.1) is 0 Å². The Bertz CT molecular complexity index is 925. The van der Waals surface area contributed by atoms with Gasteiger partial charge >= 0.3 is 0 Å². The van der Waals surface area contributed by atoms with Crippen LogP contribution < -0.4 is 0 Å². The summed E-state index contributed by atoms with van der Waals surface area (Å²) in [6.45, 7) is 1.39. The Hall–Kier alpha value is -1.43. The average Bonchev–Trinajstić information content (AvgIpc) is 3.31. The highest BCUT2D eigenvalue weighted by molar-refractivity contribution is 7.78. The smallest absolute Gasteiger partial charge is 0.198 e. The quantitative estimate of drug-likeness (QED) is 0.460. The second-order valence-electron chi connectivity index (χ2n) is 6.08. The SMILES string of the molecule is CC(OS(=O)[O-])c1c(C(=O)c2cnoc2C2CC2)ccc(Cl)c1CS(=O)[O-]. The number of benzene rings is 1. The number of hydrogen-bond donors (Lipinski definition) is 0. The zero-order valence-corrected chi connectivity index (χ0v) is 16.4. The summed E-state index contributed by atoms with van der Waals surface area (Å²) in [6.07, 6.45) is 1.96. The third-order valence-electron chi connectivity index (χ3n) is 4.23. The molecule has 0 spiro atoms. The van der Waals surface area contributed by atoms with E-state index in [0.717, 1.165) is 12.8 Å². The van der Waals surface area contributed by atoms with Crippen LogP contribution in [-0.4, -0.2) is 28.5 Å². The monoisotopic (exact) mass is 431 g/mol. The number of nitrogens with zero attached hydrogens (tertiary/aromatic N) is 1.